The molecule has 7 heteroatoms. The van der Waals surface area contributed by atoms with Gasteiger partial charge in [0.15, 0.2) is 0 Å². The average molecular weight is 317 g/mol. The van der Waals surface area contributed by atoms with Gasteiger partial charge in [0.05, 0.1) is 11.3 Å². The Hall–Kier alpha value is -2.83. The van der Waals surface area contributed by atoms with E-state index in [4.69, 9.17) is 5.11 Å². The molecule has 23 heavy (non-hydrogen) atoms. The van der Waals surface area contributed by atoms with E-state index in [1.807, 2.05) is 0 Å². The smallest absolute Gasteiger partial charge is 0.323 e. The third-order valence-electron chi connectivity index (χ3n) is 3.23. The number of nitrogens with zero attached hydrogens (tertiary/aromatic N) is 3. The summed E-state index contributed by atoms with van der Waals surface area (Å²) in [7, 11) is 0. The maximum atomic E-state index is 13.0. The summed E-state index contributed by atoms with van der Waals surface area (Å²) in [5, 5.41) is 9.03. The normalized spacial score (nSPS) is 10.4. The van der Waals surface area contributed by atoms with Gasteiger partial charge in [-0.05, 0) is 31.5 Å². The number of aromatic nitrogens is 2. The topological polar surface area (TPSA) is 83.4 Å². The summed E-state index contributed by atoms with van der Waals surface area (Å²) >= 11 is 0. The van der Waals surface area contributed by atoms with E-state index in [1.54, 1.807) is 13.8 Å². The van der Waals surface area contributed by atoms with Crippen molar-refractivity contribution in [1.29, 1.82) is 0 Å². The van der Waals surface area contributed by atoms with E-state index in [2.05, 4.69) is 9.97 Å². The van der Waals surface area contributed by atoms with E-state index < -0.39 is 24.2 Å². The Bertz CT molecular complexity index is 732. The summed E-state index contributed by atoms with van der Waals surface area (Å²) in [5.74, 6) is -1.48. The van der Waals surface area contributed by atoms with Crippen LogP contribution in [0.4, 0.5) is 4.39 Å². The number of rotatable bonds is 5. The molecule has 0 fully saturated rings. The van der Waals surface area contributed by atoms with Crippen LogP contribution < -0.4 is 0 Å². The van der Waals surface area contributed by atoms with Crippen LogP contribution in [-0.4, -0.2) is 38.4 Å². The van der Waals surface area contributed by atoms with Crippen molar-refractivity contribution in [3.05, 3.63) is 58.9 Å². The third kappa shape index (κ3) is 4.32. The van der Waals surface area contributed by atoms with Crippen molar-refractivity contribution in [2.45, 2.75) is 20.4 Å². The molecule has 0 saturated carbocycles. The zero-order valence-corrected chi connectivity index (χ0v) is 12.8. The molecule has 1 aromatic heterocycles. The standard InChI is InChI=1S/C16H16FN3O3/c1-10-14(7-18-11(2)19-10)16(23)20(9-15(21)22)8-12-3-5-13(17)6-4-12/h3-7H,8-9H2,1-2H3,(H,21,22). The molecule has 0 bridgehead atoms. The Balaban J connectivity index is 2.28. The van der Waals surface area contributed by atoms with Crippen molar-refractivity contribution in [2.24, 2.45) is 0 Å². The highest BCUT2D eigenvalue weighted by atomic mass is 19.1. The lowest BCUT2D eigenvalue weighted by atomic mass is 10.1. The lowest BCUT2D eigenvalue weighted by molar-refractivity contribution is -0.137. The van der Waals surface area contributed by atoms with Crippen LogP contribution in [-0.2, 0) is 11.3 Å². The van der Waals surface area contributed by atoms with Crippen molar-refractivity contribution in [2.75, 3.05) is 6.54 Å². The molecule has 1 aromatic carbocycles. The summed E-state index contributed by atoms with van der Waals surface area (Å²) in [5.41, 5.74) is 1.36. The Morgan fingerprint density at radius 3 is 2.43 bits per heavy atom. The number of benzene rings is 1. The second-order valence-corrected chi connectivity index (χ2v) is 5.10. The molecule has 0 saturated heterocycles. The highest BCUT2D eigenvalue weighted by molar-refractivity contribution is 5.96. The second kappa shape index (κ2) is 6.95. The number of carbonyl (C=O) groups excluding carboxylic acids is 1. The van der Waals surface area contributed by atoms with Gasteiger partial charge in [0.1, 0.15) is 18.2 Å². The molecule has 120 valence electrons. The molecule has 2 rings (SSSR count). The predicted octanol–water partition coefficient (Wildman–Crippen LogP) is 1.96. The molecular formula is C16H16FN3O3. The minimum atomic E-state index is -1.13. The van der Waals surface area contributed by atoms with Gasteiger partial charge < -0.3 is 10.0 Å². The monoisotopic (exact) mass is 317 g/mol. The molecule has 0 atom stereocenters. The second-order valence-electron chi connectivity index (χ2n) is 5.10. The molecule has 1 amide bonds. The first-order valence-electron chi connectivity index (χ1n) is 6.92. The number of hydrogen-bond acceptors (Lipinski definition) is 4. The van der Waals surface area contributed by atoms with Crippen LogP contribution in [0.3, 0.4) is 0 Å². The van der Waals surface area contributed by atoms with E-state index in [0.717, 1.165) is 4.90 Å². The average Bonchev–Trinajstić information content (AvgIpc) is 2.48. The minimum absolute atomic E-state index is 0.0543. The first-order valence-corrected chi connectivity index (χ1v) is 6.92. The van der Waals surface area contributed by atoms with Gasteiger partial charge in [-0.15, -0.1) is 0 Å². The van der Waals surface area contributed by atoms with Crippen LogP contribution in [0.15, 0.2) is 30.5 Å². The van der Waals surface area contributed by atoms with Gasteiger partial charge in [0.2, 0.25) is 0 Å². The maximum absolute atomic E-state index is 13.0. The molecule has 1 heterocycles. The minimum Gasteiger partial charge on any atom is -0.480 e. The molecule has 6 nitrogen and oxygen atoms in total. The van der Waals surface area contributed by atoms with Gasteiger partial charge in [0.25, 0.3) is 5.91 Å². The van der Waals surface area contributed by atoms with E-state index in [9.17, 15) is 14.0 Å². The summed E-state index contributed by atoms with van der Waals surface area (Å²) in [6, 6.07) is 5.55. The number of carbonyl (C=O) groups is 2. The Labute approximate surface area is 132 Å². The lowest BCUT2D eigenvalue weighted by Gasteiger charge is -2.21. The van der Waals surface area contributed by atoms with Crippen LogP contribution in [0.5, 0.6) is 0 Å². The highest BCUT2D eigenvalue weighted by Gasteiger charge is 2.21. The number of aliphatic carboxylic acids is 1. The Morgan fingerprint density at radius 2 is 1.87 bits per heavy atom. The Morgan fingerprint density at radius 1 is 1.22 bits per heavy atom. The van der Waals surface area contributed by atoms with Gasteiger partial charge in [0, 0.05) is 12.7 Å². The van der Waals surface area contributed by atoms with Gasteiger partial charge in [-0.2, -0.15) is 0 Å². The van der Waals surface area contributed by atoms with E-state index in [1.165, 1.54) is 30.5 Å². The van der Waals surface area contributed by atoms with Crippen LogP contribution in [0.2, 0.25) is 0 Å². The molecule has 0 aliphatic rings. The molecule has 2 aromatic rings. The fourth-order valence-corrected chi connectivity index (χ4v) is 2.14. The molecule has 0 aliphatic heterocycles. The van der Waals surface area contributed by atoms with Gasteiger partial charge >= 0.3 is 5.97 Å². The van der Waals surface area contributed by atoms with Crippen molar-refractivity contribution in [3.8, 4) is 0 Å². The Kier molecular flexibility index (Phi) is 5.00. The van der Waals surface area contributed by atoms with Gasteiger partial charge in [-0.1, -0.05) is 12.1 Å². The highest BCUT2D eigenvalue weighted by Crippen LogP contribution is 2.12. The van der Waals surface area contributed by atoms with E-state index in [-0.39, 0.29) is 12.1 Å². The summed E-state index contributed by atoms with van der Waals surface area (Å²) in [6.07, 6.45) is 1.39. The van der Waals surface area contributed by atoms with Crippen molar-refractivity contribution >= 4 is 11.9 Å². The van der Waals surface area contributed by atoms with Crippen molar-refractivity contribution in [1.82, 2.24) is 14.9 Å². The first kappa shape index (κ1) is 16.5. The van der Waals surface area contributed by atoms with E-state index in [0.29, 0.717) is 17.1 Å². The molecule has 0 unspecified atom stereocenters. The molecular weight excluding hydrogens is 301 g/mol. The molecule has 1 N–H and O–H groups in total. The number of amides is 1. The zero-order chi connectivity index (χ0) is 17.0. The largest absolute Gasteiger partial charge is 0.480 e. The fraction of sp³-hybridized carbons (Fsp3) is 0.250. The zero-order valence-electron chi connectivity index (χ0n) is 12.8. The quantitative estimate of drug-likeness (QED) is 0.911. The maximum Gasteiger partial charge on any atom is 0.323 e. The van der Waals surface area contributed by atoms with Crippen LogP contribution in [0.1, 0.15) is 27.4 Å². The number of carboxylic acid groups (broad SMARTS) is 1. The number of aryl methyl sites for hydroxylation is 2. The fourth-order valence-electron chi connectivity index (χ4n) is 2.14. The molecule has 0 aliphatic carbocycles. The van der Waals surface area contributed by atoms with Crippen molar-refractivity contribution in [3.63, 3.8) is 0 Å². The lowest BCUT2D eigenvalue weighted by Crippen LogP contribution is -2.35. The summed E-state index contributed by atoms with van der Waals surface area (Å²) < 4.78 is 13.0. The number of hydrogen-bond donors (Lipinski definition) is 1. The first-order chi connectivity index (χ1) is 10.9. The van der Waals surface area contributed by atoms with Gasteiger partial charge in [-0.3, -0.25) is 9.59 Å². The summed E-state index contributed by atoms with van der Waals surface area (Å²) in [6.45, 7) is 2.95. The van der Waals surface area contributed by atoms with Gasteiger partial charge in [-0.25, -0.2) is 14.4 Å². The number of halogens is 1. The van der Waals surface area contributed by atoms with Crippen LogP contribution in [0.25, 0.3) is 0 Å². The van der Waals surface area contributed by atoms with Crippen LogP contribution in [0, 0.1) is 19.7 Å². The van der Waals surface area contributed by atoms with Crippen molar-refractivity contribution < 1.29 is 19.1 Å². The van der Waals surface area contributed by atoms with Crippen LogP contribution >= 0.6 is 0 Å². The third-order valence-corrected chi connectivity index (χ3v) is 3.23. The predicted molar refractivity (Wildman–Crippen MR) is 80.3 cm³/mol. The van der Waals surface area contributed by atoms with E-state index >= 15 is 0 Å². The SMILES string of the molecule is Cc1ncc(C(=O)N(CC(=O)O)Cc2ccc(F)cc2)c(C)n1. The number of carboxylic acids is 1. The molecule has 0 radical (unpaired) electrons. The molecule has 0 spiro atoms. The summed E-state index contributed by atoms with van der Waals surface area (Å²) in [4.78, 5) is 32.9.